The number of hydrogen-bond acceptors (Lipinski definition) is 2. The Hall–Kier alpha value is -1.39. The molecular weight excluding hydrogens is 251 g/mol. The van der Waals surface area contributed by atoms with E-state index < -0.39 is 11.8 Å². The van der Waals surface area contributed by atoms with E-state index >= 15 is 0 Å². The van der Waals surface area contributed by atoms with E-state index in [2.05, 4.69) is 0 Å². The lowest BCUT2D eigenvalue weighted by molar-refractivity contribution is 0.0702. The molecule has 0 amide bonds. The molecule has 2 aromatic rings. The Kier molecular flexibility index (Phi) is 2.94. The first-order chi connectivity index (χ1) is 7.59. The fraction of sp³-hybridized carbons (Fsp3) is 0. The smallest absolute Gasteiger partial charge is 0.345 e. The molecule has 0 aliphatic carbocycles. The van der Waals surface area contributed by atoms with E-state index in [0.29, 0.717) is 10.4 Å². The van der Waals surface area contributed by atoms with Gasteiger partial charge in [0.05, 0.1) is 5.02 Å². The van der Waals surface area contributed by atoms with Crippen molar-refractivity contribution in [2.45, 2.75) is 0 Å². The van der Waals surface area contributed by atoms with Crippen LogP contribution in [0.3, 0.4) is 0 Å². The van der Waals surface area contributed by atoms with Crippen molar-refractivity contribution >= 4 is 28.9 Å². The highest BCUT2D eigenvalue weighted by Gasteiger charge is 2.13. The zero-order valence-electron chi connectivity index (χ0n) is 7.91. The Bertz CT molecular complexity index is 551. The molecule has 2 nitrogen and oxygen atoms in total. The second-order valence-electron chi connectivity index (χ2n) is 3.07. The van der Waals surface area contributed by atoms with Crippen molar-refractivity contribution in [2.24, 2.45) is 0 Å². The molecule has 1 N–H and O–H groups in total. The Morgan fingerprint density at radius 1 is 1.31 bits per heavy atom. The van der Waals surface area contributed by atoms with Crippen LogP contribution in [-0.4, -0.2) is 11.1 Å². The summed E-state index contributed by atoms with van der Waals surface area (Å²) in [6, 6.07) is 7.66. The van der Waals surface area contributed by atoms with Gasteiger partial charge in [0.15, 0.2) is 0 Å². The number of aromatic carboxylic acids is 1. The van der Waals surface area contributed by atoms with Crippen LogP contribution >= 0.6 is 22.9 Å². The van der Waals surface area contributed by atoms with Crippen molar-refractivity contribution in [2.75, 3.05) is 0 Å². The van der Waals surface area contributed by atoms with Crippen LogP contribution in [0.2, 0.25) is 5.02 Å². The maximum absolute atomic E-state index is 13.6. The SMILES string of the molecule is O=C(O)c1ccc(-c2cccc(Cl)c2F)s1. The third kappa shape index (κ3) is 1.94. The Morgan fingerprint density at radius 2 is 2.06 bits per heavy atom. The van der Waals surface area contributed by atoms with E-state index in [-0.39, 0.29) is 9.90 Å². The summed E-state index contributed by atoms with van der Waals surface area (Å²) in [5, 5.41) is 8.79. The van der Waals surface area contributed by atoms with Crippen molar-refractivity contribution in [1.82, 2.24) is 0 Å². The fourth-order valence-corrected chi connectivity index (χ4v) is 2.33. The van der Waals surface area contributed by atoms with Gasteiger partial charge in [0.25, 0.3) is 0 Å². The van der Waals surface area contributed by atoms with Crippen LogP contribution < -0.4 is 0 Å². The lowest BCUT2D eigenvalue weighted by Gasteiger charge is -2.00. The van der Waals surface area contributed by atoms with Gasteiger partial charge in [0.1, 0.15) is 10.7 Å². The molecule has 0 fully saturated rings. The largest absolute Gasteiger partial charge is 0.477 e. The zero-order chi connectivity index (χ0) is 11.7. The second-order valence-corrected chi connectivity index (χ2v) is 4.56. The van der Waals surface area contributed by atoms with Crippen LogP contribution in [-0.2, 0) is 0 Å². The number of rotatable bonds is 2. The summed E-state index contributed by atoms with van der Waals surface area (Å²) in [5.41, 5.74) is 0.324. The third-order valence-corrected chi connectivity index (χ3v) is 3.43. The Labute approximate surface area is 99.9 Å². The average molecular weight is 257 g/mol. The van der Waals surface area contributed by atoms with Gasteiger partial charge in [-0.3, -0.25) is 0 Å². The van der Waals surface area contributed by atoms with Crippen LogP contribution in [0.25, 0.3) is 10.4 Å². The molecule has 2 rings (SSSR count). The van der Waals surface area contributed by atoms with Gasteiger partial charge in [-0.25, -0.2) is 9.18 Å². The summed E-state index contributed by atoms with van der Waals surface area (Å²) in [6.07, 6.45) is 0. The van der Waals surface area contributed by atoms with Gasteiger partial charge in [0, 0.05) is 10.4 Å². The number of carboxylic acid groups (broad SMARTS) is 1. The Morgan fingerprint density at radius 3 is 2.69 bits per heavy atom. The lowest BCUT2D eigenvalue weighted by atomic mass is 10.2. The van der Waals surface area contributed by atoms with E-state index in [1.54, 1.807) is 18.2 Å². The van der Waals surface area contributed by atoms with Gasteiger partial charge < -0.3 is 5.11 Å². The maximum atomic E-state index is 13.6. The van der Waals surface area contributed by atoms with Crippen molar-refractivity contribution in [3.05, 3.63) is 46.0 Å². The molecule has 0 saturated carbocycles. The van der Waals surface area contributed by atoms with Crippen molar-refractivity contribution in [3.8, 4) is 10.4 Å². The van der Waals surface area contributed by atoms with E-state index in [9.17, 15) is 9.18 Å². The molecule has 0 atom stereocenters. The van der Waals surface area contributed by atoms with Crippen molar-refractivity contribution in [3.63, 3.8) is 0 Å². The van der Waals surface area contributed by atoms with Gasteiger partial charge >= 0.3 is 5.97 Å². The molecule has 0 unspecified atom stereocenters. The highest BCUT2D eigenvalue weighted by atomic mass is 35.5. The van der Waals surface area contributed by atoms with Crippen LogP contribution in [0.5, 0.6) is 0 Å². The topological polar surface area (TPSA) is 37.3 Å². The highest BCUT2D eigenvalue weighted by molar-refractivity contribution is 7.17. The minimum Gasteiger partial charge on any atom is -0.477 e. The number of carbonyl (C=O) groups is 1. The summed E-state index contributed by atoms with van der Waals surface area (Å²) in [6.45, 7) is 0. The van der Waals surface area contributed by atoms with Gasteiger partial charge in [-0.1, -0.05) is 23.7 Å². The zero-order valence-corrected chi connectivity index (χ0v) is 9.48. The molecule has 1 heterocycles. The molecule has 16 heavy (non-hydrogen) atoms. The first-order valence-corrected chi connectivity index (χ1v) is 5.56. The quantitative estimate of drug-likeness (QED) is 0.885. The first-order valence-electron chi connectivity index (χ1n) is 4.37. The second kappa shape index (κ2) is 4.23. The van der Waals surface area contributed by atoms with E-state index in [1.807, 2.05) is 0 Å². The van der Waals surface area contributed by atoms with Gasteiger partial charge in [-0.05, 0) is 18.2 Å². The molecule has 0 spiro atoms. The summed E-state index contributed by atoms with van der Waals surface area (Å²) in [5.74, 6) is -1.54. The number of hydrogen-bond donors (Lipinski definition) is 1. The highest BCUT2D eigenvalue weighted by Crippen LogP contribution is 2.32. The fourth-order valence-electron chi connectivity index (χ4n) is 1.29. The first kappa shape index (κ1) is 11.1. The standard InChI is InChI=1S/C11H6ClFO2S/c12-7-3-1-2-6(10(7)13)8-4-5-9(16-8)11(14)15/h1-5H,(H,14,15). The van der Waals surface area contributed by atoms with Gasteiger partial charge in [-0.2, -0.15) is 0 Å². The van der Waals surface area contributed by atoms with Crippen molar-refractivity contribution in [1.29, 1.82) is 0 Å². The predicted octanol–water partition coefficient (Wildman–Crippen LogP) is 3.91. The number of benzene rings is 1. The van der Waals surface area contributed by atoms with Crippen molar-refractivity contribution < 1.29 is 14.3 Å². The molecule has 0 aliphatic heterocycles. The summed E-state index contributed by atoms with van der Waals surface area (Å²) < 4.78 is 13.6. The molecule has 0 bridgehead atoms. The lowest BCUT2D eigenvalue weighted by Crippen LogP contribution is -1.89. The summed E-state index contributed by atoms with van der Waals surface area (Å²) in [4.78, 5) is 11.4. The normalized spacial score (nSPS) is 10.4. The number of halogens is 2. The number of thiophene rings is 1. The average Bonchev–Trinajstić information content (AvgIpc) is 2.71. The molecule has 5 heteroatoms. The minimum absolute atomic E-state index is 0.0303. The van der Waals surface area contributed by atoms with E-state index in [4.69, 9.17) is 16.7 Å². The summed E-state index contributed by atoms with van der Waals surface area (Å²) >= 11 is 6.67. The molecule has 0 saturated heterocycles. The minimum atomic E-state index is -1.02. The number of carboxylic acids is 1. The molecule has 0 aliphatic rings. The Balaban J connectivity index is 2.50. The molecule has 82 valence electrons. The molecule has 0 radical (unpaired) electrons. The van der Waals surface area contributed by atoms with Gasteiger partial charge in [0.2, 0.25) is 0 Å². The molecule has 1 aromatic heterocycles. The predicted molar refractivity (Wildman–Crippen MR) is 61.7 cm³/mol. The monoisotopic (exact) mass is 256 g/mol. The van der Waals surface area contributed by atoms with Gasteiger partial charge in [-0.15, -0.1) is 11.3 Å². The summed E-state index contributed by atoms with van der Waals surface area (Å²) in [7, 11) is 0. The third-order valence-electron chi connectivity index (χ3n) is 2.03. The van der Waals surface area contributed by atoms with E-state index in [1.165, 1.54) is 12.1 Å². The van der Waals surface area contributed by atoms with Crippen LogP contribution in [0.15, 0.2) is 30.3 Å². The van der Waals surface area contributed by atoms with Crippen LogP contribution in [0, 0.1) is 5.82 Å². The molecule has 1 aromatic carbocycles. The van der Waals surface area contributed by atoms with Crippen LogP contribution in [0.1, 0.15) is 9.67 Å². The maximum Gasteiger partial charge on any atom is 0.345 e. The van der Waals surface area contributed by atoms with Crippen LogP contribution in [0.4, 0.5) is 4.39 Å². The van der Waals surface area contributed by atoms with E-state index in [0.717, 1.165) is 11.3 Å². The molecular formula is C11H6ClFO2S.